The first-order chi connectivity index (χ1) is 9.60. The summed E-state index contributed by atoms with van der Waals surface area (Å²) in [5, 5.41) is 3.53. The van der Waals surface area contributed by atoms with Crippen LogP contribution in [0.15, 0.2) is 12.1 Å². The van der Waals surface area contributed by atoms with E-state index in [-0.39, 0.29) is 6.04 Å². The van der Waals surface area contributed by atoms with Gasteiger partial charge in [-0.3, -0.25) is 0 Å². The Morgan fingerprint density at radius 2 is 1.75 bits per heavy atom. The third-order valence-electron chi connectivity index (χ3n) is 3.46. The Morgan fingerprint density at radius 3 is 2.30 bits per heavy atom. The van der Waals surface area contributed by atoms with Gasteiger partial charge in [0.2, 0.25) is 0 Å². The average Bonchev–Trinajstić information content (AvgIpc) is 2.37. The summed E-state index contributed by atoms with van der Waals surface area (Å²) in [6.07, 6.45) is 0.946. The fourth-order valence-corrected chi connectivity index (χ4v) is 2.74. The number of rotatable bonds is 9. The molecule has 0 aliphatic carbocycles. The number of benzene rings is 1. The lowest BCUT2D eigenvalue weighted by Gasteiger charge is -2.23. The van der Waals surface area contributed by atoms with Crippen molar-refractivity contribution < 1.29 is 9.47 Å². The molecule has 0 radical (unpaired) electrons. The van der Waals surface area contributed by atoms with Gasteiger partial charge in [-0.15, -0.1) is 0 Å². The van der Waals surface area contributed by atoms with Crippen molar-refractivity contribution in [3.8, 4) is 0 Å². The van der Waals surface area contributed by atoms with E-state index in [0.29, 0.717) is 6.61 Å². The van der Waals surface area contributed by atoms with Crippen molar-refractivity contribution >= 4 is 0 Å². The molecule has 1 atom stereocenters. The highest BCUT2D eigenvalue weighted by molar-refractivity contribution is 5.39. The predicted molar refractivity (Wildman–Crippen MR) is 84.4 cm³/mol. The van der Waals surface area contributed by atoms with E-state index in [4.69, 9.17) is 9.47 Å². The summed E-state index contributed by atoms with van der Waals surface area (Å²) in [6.45, 7) is 11.8. The van der Waals surface area contributed by atoms with Crippen LogP contribution in [0.25, 0.3) is 0 Å². The standard InChI is InChI=1S/C17H29NO2/c1-6-18-16(12-20-9-7-8-19-5)17-14(3)10-13(2)11-15(17)4/h10-11,16,18H,6-9,12H2,1-5H3. The molecule has 1 aromatic rings. The smallest absolute Gasteiger partial charge is 0.0661 e. The topological polar surface area (TPSA) is 30.5 Å². The maximum Gasteiger partial charge on any atom is 0.0661 e. The van der Waals surface area contributed by atoms with Gasteiger partial charge < -0.3 is 14.8 Å². The van der Waals surface area contributed by atoms with Crippen molar-refractivity contribution in [1.82, 2.24) is 5.32 Å². The van der Waals surface area contributed by atoms with Crippen LogP contribution in [0.4, 0.5) is 0 Å². The Bertz CT molecular complexity index is 381. The van der Waals surface area contributed by atoms with Crippen molar-refractivity contribution in [3.63, 3.8) is 0 Å². The second-order valence-electron chi connectivity index (χ2n) is 5.34. The second kappa shape index (κ2) is 9.11. The quantitative estimate of drug-likeness (QED) is 0.703. The predicted octanol–water partition coefficient (Wildman–Crippen LogP) is 3.32. The van der Waals surface area contributed by atoms with Crippen LogP contribution in [0.5, 0.6) is 0 Å². The first-order valence-electron chi connectivity index (χ1n) is 7.48. The summed E-state index contributed by atoms with van der Waals surface area (Å²) in [5.41, 5.74) is 5.38. The fraction of sp³-hybridized carbons (Fsp3) is 0.647. The molecule has 0 saturated carbocycles. The zero-order chi connectivity index (χ0) is 15.0. The molecular formula is C17H29NO2. The van der Waals surface area contributed by atoms with E-state index in [9.17, 15) is 0 Å². The van der Waals surface area contributed by atoms with E-state index in [1.165, 1.54) is 22.3 Å². The fourth-order valence-electron chi connectivity index (χ4n) is 2.74. The van der Waals surface area contributed by atoms with Crippen LogP contribution in [0.2, 0.25) is 0 Å². The van der Waals surface area contributed by atoms with E-state index >= 15 is 0 Å². The van der Waals surface area contributed by atoms with E-state index in [1.807, 2.05) is 0 Å². The number of ether oxygens (including phenoxy) is 2. The van der Waals surface area contributed by atoms with Gasteiger partial charge in [-0.1, -0.05) is 24.6 Å². The van der Waals surface area contributed by atoms with Crippen LogP contribution < -0.4 is 5.32 Å². The van der Waals surface area contributed by atoms with Crippen molar-refractivity contribution in [1.29, 1.82) is 0 Å². The number of likely N-dealkylation sites (N-methyl/N-ethyl adjacent to an activating group) is 1. The number of hydrogen-bond donors (Lipinski definition) is 1. The Hall–Kier alpha value is -0.900. The highest BCUT2D eigenvalue weighted by atomic mass is 16.5. The Balaban J connectivity index is 2.70. The highest BCUT2D eigenvalue weighted by Gasteiger charge is 2.15. The van der Waals surface area contributed by atoms with Crippen molar-refractivity contribution in [2.75, 3.05) is 33.5 Å². The molecule has 3 nitrogen and oxygen atoms in total. The third kappa shape index (κ3) is 5.23. The molecule has 0 saturated heterocycles. The Labute approximate surface area is 123 Å². The molecule has 20 heavy (non-hydrogen) atoms. The van der Waals surface area contributed by atoms with Crippen LogP contribution in [0, 0.1) is 20.8 Å². The van der Waals surface area contributed by atoms with Crippen LogP contribution in [0.3, 0.4) is 0 Å². The number of aryl methyl sites for hydroxylation is 3. The van der Waals surface area contributed by atoms with Crippen molar-refractivity contribution in [3.05, 3.63) is 34.4 Å². The number of hydrogen-bond acceptors (Lipinski definition) is 3. The Morgan fingerprint density at radius 1 is 1.10 bits per heavy atom. The SMILES string of the molecule is CCNC(COCCCOC)c1c(C)cc(C)cc1C. The molecule has 0 spiro atoms. The highest BCUT2D eigenvalue weighted by Crippen LogP contribution is 2.24. The van der Waals surface area contributed by atoms with Gasteiger partial charge >= 0.3 is 0 Å². The largest absolute Gasteiger partial charge is 0.385 e. The van der Waals surface area contributed by atoms with Gasteiger partial charge in [0.15, 0.2) is 0 Å². The molecule has 1 unspecified atom stereocenters. The maximum atomic E-state index is 5.80. The molecule has 0 aromatic heterocycles. The van der Waals surface area contributed by atoms with Gasteiger partial charge in [0.25, 0.3) is 0 Å². The summed E-state index contributed by atoms with van der Waals surface area (Å²) in [7, 11) is 1.72. The molecule has 1 aromatic carbocycles. The molecule has 0 fully saturated rings. The normalized spacial score (nSPS) is 12.7. The maximum absolute atomic E-state index is 5.80. The summed E-state index contributed by atoms with van der Waals surface area (Å²) < 4.78 is 10.8. The molecule has 0 aliphatic heterocycles. The minimum atomic E-state index is 0.267. The molecule has 1 rings (SSSR count). The number of methoxy groups -OCH3 is 1. The second-order valence-corrected chi connectivity index (χ2v) is 5.34. The number of nitrogens with one attached hydrogen (secondary N) is 1. The third-order valence-corrected chi connectivity index (χ3v) is 3.46. The van der Waals surface area contributed by atoms with Gasteiger partial charge in [0, 0.05) is 20.3 Å². The van der Waals surface area contributed by atoms with Crippen LogP contribution in [-0.2, 0) is 9.47 Å². The van der Waals surface area contributed by atoms with Crippen LogP contribution in [0.1, 0.15) is 41.6 Å². The zero-order valence-corrected chi connectivity index (χ0v) is 13.6. The molecule has 1 N–H and O–H groups in total. The monoisotopic (exact) mass is 279 g/mol. The molecule has 0 bridgehead atoms. The molecule has 0 aliphatic rings. The van der Waals surface area contributed by atoms with E-state index in [0.717, 1.165) is 26.2 Å². The minimum absolute atomic E-state index is 0.267. The van der Waals surface area contributed by atoms with E-state index < -0.39 is 0 Å². The van der Waals surface area contributed by atoms with Gasteiger partial charge in [-0.05, 0) is 50.4 Å². The van der Waals surface area contributed by atoms with Gasteiger partial charge in [-0.2, -0.15) is 0 Å². The van der Waals surface area contributed by atoms with Crippen molar-refractivity contribution in [2.45, 2.75) is 40.2 Å². The summed E-state index contributed by atoms with van der Waals surface area (Å²) in [6, 6.07) is 4.76. The summed E-state index contributed by atoms with van der Waals surface area (Å²) >= 11 is 0. The van der Waals surface area contributed by atoms with Crippen LogP contribution >= 0.6 is 0 Å². The Kier molecular flexibility index (Phi) is 7.82. The lowest BCUT2D eigenvalue weighted by molar-refractivity contribution is 0.0875. The van der Waals surface area contributed by atoms with E-state index in [1.54, 1.807) is 7.11 Å². The summed E-state index contributed by atoms with van der Waals surface area (Å²) in [5.74, 6) is 0. The average molecular weight is 279 g/mol. The lowest BCUT2D eigenvalue weighted by atomic mass is 9.94. The van der Waals surface area contributed by atoms with Gasteiger partial charge in [-0.25, -0.2) is 0 Å². The first kappa shape index (κ1) is 17.2. The van der Waals surface area contributed by atoms with Crippen molar-refractivity contribution in [2.24, 2.45) is 0 Å². The minimum Gasteiger partial charge on any atom is -0.385 e. The van der Waals surface area contributed by atoms with Gasteiger partial charge in [0.05, 0.1) is 12.6 Å². The van der Waals surface area contributed by atoms with Gasteiger partial charge in [0.1, 0.15) is 0 Å². The lowest BCUT2D eigenvalue weighted by Crippen LogP contribution is -2.27. The zero-order valence-electron chi connectivity index (χ0n) is 13.6. The van der Waals surface area contributed by atoms with E-state index in [2.05, 4.69) is 45.1 Å². The molecule has 0 amide bonds. The molecule has 0 heterocycles. The molecule has 3 heteroatoms. The molecule has 114 valence electrons. The molecular weight excluding hydrogens is 250 g/mol. The first-order valence-corrected chi connectivity index (χ1v) is 7.48. The van der Waals surface area contributed by atoms with Crippen LogP contribution in [-0.4, -0.2) is 33.5 Å². The summed E-state index contributed by atoms with van der Waals surface area (Å²) in [4.78, 5) is 0.